The lowest BCUT2D eigenvalue weighted by Gasteiger charge is -2.22. The lowest BCUT2D eigenvalue weighted by atomic mass is 9.83. The summed E-state index contributed by atoms with van der Waals surface area (Å²) in [5.41, 5.74) is 0.876. The average Bonchev–Trinajstić information content (AvgIpc) is 2.27. The summed E-state index contributed by atoms with van der Waals surface area (Å²) in [4.78, 5) is 9.26. The van der Waals surface area contributed by atoms with Gasteiger partial charge >= 0.3 is 0 Å². The lowest BCUT2D eigenvalue weighted by Crippen LogP contribution is -2.17. The maximum Gasteiger partial charge on any atom is 0.273 e. The molecular formula is C14H16O3Si. The maximum atomic E-state index is 10.3. The molecule has 94 valence electrons. The van der Waals surface area contributed by atoms with Crippen LogP contribution in [0.4, 0.5) is 0 Å². The predicted octanol–water partition coefficient (Wildman–Crippen LogP) is 1.79. The fourth-order valence-corrected chi connectivity index (χ4v) is 2.57. The van der Waals surface area contributed by atoms with Gasteiger partial charge in [0, 0.05) is 5.39 Å². The topological polar surface area (TPSA) is 60.7 Å². The third kappa shape index (κ3) is 1.98. The van der Waals surface area contributed by atoms with E-state index in [1.807, 2.05) is 18.2 Å². The Morgan fingerprint density at radius 3 is 2.33 bits per heavy atom. The minimum Gasteiger partial charge on any atom is -0.508 e. The van der Waals surface area contributed by atoms with Crippen LogP contribution in [0.5, 0.6) is 11.5 Å². The van der Waals surface area contributed by atoms with Crippen molar-refractivity contribution in [2.24, 2.45) is 0 Å². The van der Waals surface area contributed by atoms with Crippen LogP contribution in [0.25, 0.3) is 10.8 Å². The number of phenols is 2. The number of hydrogen-bond donors (Lipinski definition) is 3. The van der Waals surface area contributed by atoms with Crippen molar-refractivity contribution in [3.05, 3.63) is 29.8 Å². The van der Waals surface area contributed by atoms with Gasteiger partial charge < -0.3 is 15.0 Å². The summed E-state index contributed by atoms with van der Waals surface area (Å²) in [6.45, 7) is 6.19. The molecule has 2 aromatic rings. The summed E-state index contributed by atoms with van der Waals surface area (Å²) in [7, 11) is -0.629. The summed E-state index contributed by atoms with van der Waals surface area (Å²) in [5, 5.41) is 21.7. The SMILES string of the molecule is CC(C)(C)c1cccc2cc(O)c([Si]O)c(O)c12. The predicted molar refractivity (Wildman–Crippen MR) is 73.6 cm³/mol. The summed E-state index contributed by atoms with van der Waals surface area (Å²) in [5.74, 6) is -0.0803. The molecule has 0 aromatic heterocycles. The van der Waals surface area contributed by atoms with Gasteiger partial charge in [0.15, 0.2) is 0 Å². The normalized spacial score (nSPS) is 12.0. The van der Waals surface area contributed by atoms with Crippen molar-refractivity contribution in [3.8, 4) is 11.5 Å². The van der Waals surface area contributed by atoms with E-state index < -0.39 is 9.76 Å². The Labute approximate surface area is 109 Å². The van der Waals surface area contributed by atoms with E-state index in [2.05, 4.69) is 20.8 Å². The highest BCUT2D eigenvalue weighted by Gasteiger charge is 2.21. The van der Waals surface area contributed by atoms with E-state index in [4.69, 9.17) is 0 Å². The summed E-state index contributed by atoms with van der Waals surface area (Å²) in [6.07, 6.45) is 0. The van der Waals surface area contributed by atoms with Gasteiger partial charge in [-0.25, -0.2) is 0 Å². The molecule has 0 bridgehead atoms. The van der Waals surface area contributed by atoms with Crippen LogP contribution in [-0.4, -0.2) is 24.8 Å². The van der Waals surface area contributed by atoms with E-state index in [1.54, 1.807) is 6.07 Å². The van der Waals surface area contributed by atoms with E-state index in [1.165, 1.54) is 0 Å². The maximum absolute atomic E-state index is 10.3. The molecule has 0 aliphatic carbocycles. The molecule has 2 radical (unpaired) electrons. The fourth-order valence-electron chi connectivity index (χ4n) is 2.16. The van der Waals surface area contributed by atoms with Crippen LogP contribution in [0.3, 0.4) is 0 Å². The van der Waals surface area contributed by atoms with Crippen molar-refractivity contribution in [1.82, 2.24) is 0 Å². The summed E-state index contributed by atoms with van der Waals surface area (Å²) in [6, 6.07) is 7.29. The number of hydrogen-bond acceptors (Lipinski definition) is 3. The highest BCUT2D eigenvalue weighted by Crippen LogP contribution is 2.36. The first kappa shape index (κ1) is 12.9. The number of fused-ring (bicyclic) bond motifs is 1. The molecule has 0 aliphatic heterocycles. The molecule has 4 heteroatoms. The van der Waals surface area contributed by atoms with Crippen molar-refractivity contribution < 1.29 is 15.0 Å². The molecule has 2 aromatic carbocycles. The zero-order valence-corrected chi connectivity index (χ0v) is 11.7. The van der Waals surface area contributed by atoms with Crippen molar-refractivity contribution in [3.63, 3.8) is 0 Å². The third-order valence-corrected chi connectivity index (χ3v) is 3.76. The number of aromatic hydroxyl groups is 2. The molecule has 3 N–H and O–H groups in total. The Hall–Kier alpha value is -1.52. The Bertz CT molecular complexity index is 600. The molecule has 2 rings (SSSR count). The smallest absolute Gasteiger partial charge is 0.273 e. The molecule has 3 nitrogen and oxygen atoms in total. The minimum absolute atomic E-state index is 0.0173. The zero-order valence-electron chi connectivity index (χ0n) is 10.7. The molecule has 0 atom stereocenters. The third-order valence-electron chi connectivity index (χ3n) is 3.04. The van der Waals surface area contributed by atoms with Crippen molar-refractivity contribution in [1.29, 1.82) is 0 Å². The van der Waals surface area contributed by atoms with Gasteiger partial charge in [-0.2, -0.15) is 0 Å². The van der Waals surface area contributed by atoms with Gasteiger partial charge in [0.1, 0.15) is 11.5 Å². The fraction of sp³-hybridized carbons (Fsp3) is 0.286. The van der Waals surface area contributed by atoms with Crippen LogP contribution in [0.15, 0.2) is 24.3 Å². The summed E-state index contributed by atoms with van der Waals surface area (Å²) < 4.78 is 0. The molecule has 0 heterocycles. The first-order valence-corrected chi connectivity index (χ1v) is 6.69. The van der Waals surface area contributed by atoms with Crippen LogP contribution < -0.4 is 5.19 Å². The molecule has 0 unspecified atom stereocenters. The van der Waals surface area contributed by atoms with Crippen LogP contribution in [0.2, 0.25) is 0 Å². The second-order valence-electron chi connectivity index (χ2n) is 5.38. The molecular weight excluding hydrogens is 244 g/mol. The second-order valence-corrected chi connectivity index (χ2v) is 6.11. The van der Waals surface area contributed by atoms with Gasteiger partial charge in [0.2, 0.25) is 0 Å². The Morgan fingerprint density at radius 2 is 1.78 bits per heavy atom. The van der Waals surface area contributed by atoms with Gasteiger partial charge in [0.25, 0.3) is 9.76 Å². The first-order chi connectivity index (χ1) is 8.36. The minimum atomic E-state index is -0.629. The Kier molecular flexibility index (Phi) is 3.08. The standard InChI is InChI=1S/C14H16O3Si/c1-14(2,3)9-6-4-5-8-7-10(15)13(18-17)12(16)11(8)9/h4-7,15-17H,1-3H3. The van der Waals surface area contributed by atoms with Gasteiger partial charge in [-0.1, -0.05) is 39.0 Å². The van der Waals surface area contributed by atoms with Gasteiger partial charge in [0.05, 0.1) is 5.19 Å². The quantitative estimate of drug-likeness (QED) is 0.685. The van der Waals surface area contributed by atoms with Crippen molar-refractivity contribution >= 4 is 25.7 Å². The Morgan fingerprint density at radius 1 is 1.11 bits per heavy atom. The number of rotatable bonds is 1. The van der Waals surface area contributed by atoms with Crippen LogP contribution in [0.1, 0.15) is 26.3 Å². The largest absolute Gasteiger partial charge is 0.508 e. The van der Waals surface area contributed by atoms with E-state index in [0.29, 0.717) is 5.39 Å². The van der Waals surface area contributed by atoms with Crippen molar-refractivity contribution in [2.45, 2.75) is 26.2 Å². The van der Waals surface area contributed by atoms with Crippen molar-refractivity contribution in [2.75, 3.05) is 0 Å². The molecule has 0 aliphatic rings. The van der Waals surface area contributed by atoms with E-state index in [-0.39, 0.29) is 22.1 Å². The number of benzene rings is 2. The zero-order chi connectivity index (χ0) is 13.5. The highest BCUT2D eigenvalue weighted by atomic mass is 28.2. The van der Waals surface area contributed by atoms with E-state index >= 15 is 0 Å². The molecule has 0 fully saturated rings. The van der Waals surface area contributed by atoms with Crippen LogP contribution >= 0.6 is 0 Å². The molecule has 0 saturated heterocycles. The van der Waals surface area contributed by atoms with Gasteiger partial charge in [-0.3, -0.25) is 0 Å². The average molecular weight is 260 g/mol. The van der Waals surface area contributed by atoms with Gasteiger partial charge in [-0.15, -0.1) is 0 Å². The monoisotopic (exact) mass is 260 g/mol. The van der Waals surface area contributed by atoms with E-state index in [9.17, 15) is 15.0 Å². The van der Waals surface area contributed by atoms with Crippen LogP contribution in [-0.2, 0) is 5.41 Å². The highest BCUT2D eigenvalue weighted by molar-refractivity contribution is 6.49. The first-order valence-electron chi connectivity index (χ1n) is 5.74. The number of phenolic OH excluding ortho intramolecular Hbond substituents is 2. The van der Waals surface area contributed by atoms with E-state index in [0.717, 1.165) is 10.9 Å². The molecule has 0 amide bonds. The molecule has 0 spiro atoms. The lowest BCUT2D eigenvalue weighted by molar-refractivity contribution is 0.459. The molecule has 18 heavy (non-hydrogen) atoms. The second kappa shape index (κ2) is 4.30. The van der Waals surface area contributed by atoms with Gasteiger partial charge in [-0.05, 0) is 22.4 Å². The Balaban J connectivity index is 2.92. The summed E-state index contributed by atoms with van der Waals surface area (Å²) >= 11 is 0. The van der Waals surface area contributed by atoms with Crippen LogP contribution in [0, 0.1) is 0 Å². The molecule has 0 saturated carbocycles.